The molecule has 4 rings (SSSR count). The zero-order chi connectivity index (χ0) is 21.1. The second-order valence-electron chi connectivity index (χ2n) is 6.67. The molecule has 1 atom stereocenters. The number of carbonyl (C=O) groups is 2. The second kappa shape index (κ2) is 8.08. The lowest BCUT2D eigenvalue weighted by molar-refractivity contribution is -0.128. The minimum Gasteiger partial charge on any atom is -0.480 e. The van der Waals surface area contributed by atoms with E-state index in [2.05, 4.69) is 10.9 Å². The first-order valence-electron chi connectivity index (χ1n) is 9.30. The van der Waals surface area contributed by atoms with Crippen molar-refractivity contribution in [3.63, 3.8) is 0 Å². The van der Waals surface area contributed by atoms with Crippen LogP contribution in [0.25, 0.3) is 21.7 Å². The van der Waals surface area contributed by atoms with Gasteiger partial charge in [-0.2, -0.15) is 0 Å². The van der Waals surface area contributed by atoms with Gasteiger partial charge in [-0.05, 0) is 30.5 Å². The first-order valence-corrected chi connectivity index (χ1v) is 9.30. The summed E-state index contributed by atoms with van der Waals surface area (Å²) in [5, 5.41) is 2.46. The number of rotatable bonds is 4. The smallest absolute Gasteiger partial charge is 0.349 e. The van der Waals surface area contributed by atoms with E-state index >= 15 is 0 Å². The number of ether oxygens (including phenoxy) is 1. The number of hydrogen-bond acceptors (Lipinski definition) is 5. The summed E-state index contributed by atoms with van der Waals surface area (Å²) in [4.78, 5) is 36.8. The Morgan fingerprint density at radius 1 is 0.900 bits per heavy atom. The summed E-state index contributed by atoms with van der Waals surface area (Å²) in [7, 11) is 0. The third kappa shape index (κ3) is 3.86. The van der Waals surface area contributed by atoms with Crippen LogP contribution in [0, 0.1) is 0 Å². The van der Waals surface area contributed by atoms with Crippen LogP contribution in [-0.2, 0) is 4.79 Å². The molecule has 2 amide bonds. The van der Waals surface area contributed by atoms with Crippen LogP contribution in [0.3, 0.4) is 0 Å². The second-order valence-corrected chi connectivity index (χ2v) is 6.67. The molecule has 2 N–H and O–H groups in total. The summed E-state index contributed by atoms with van der Waals surface area (Å²) in [5.74, 6) is -0.793. The molecule has 0 aliphatic heterocycles. The van der Waals surface area contributed by atoms with Crippen LogP contribution in [-0.4, -0.2) is 17.9 Å². The number of amides is 2. The predicted octanol–water partition coefficient (Wildman–Crippen LogP) is 3.17. The van der Waals surface area contributed by atoms with E-state index in [9.17, 15) is 14.4 Å². The van der Waals surface area contributed by atoms with Gasteiger partial charge < -0.3 is 9.15 Å². The minimum atomic E-state index is -0.885. The number of para-hydroxylation sites is 1. The van der Waals surface area contributed by atoms with Crippen LogP contribution < -0.4 is 21.2 Å². The van der Waals surface area contributed by atoms with Gasteiger partial charge in [0.15, 0.2) is 6.10 Å². The molecular formula is C23H18N2O5. The van der Waals surface area contributed by atoms with Crippen molar-refractivity contribution < 1.29 is 18.7 Å². The standard InChI is InChI=1S/C23H18N2O5/c1-14(29-20-12-6-9-15-7-2-4-10-17(15)20)21(26)24-25-22(27)18-13-16-8-3-5-11-19(16)30-23(18)28/h2-14H,1H3,(H,24,26)(H,25,27). The van der Waals surface area contributed by atoms with Gasteiger partial charge in [0, 0.05) is 10.8 Å². The van der Waals surface area contributed by atoms with E-state index in [1.165, 1.54) is 6.07 Å². The Morgan fingerprint density at radius 3 is 2.43 bits per heavy atom. The SMILES string of the molecule is CC(Oc1cccc2ccccc12)C(=O)NNC(=O)c1cc2ccccc2oc1=O. The highest BCUT2D eigenvalue weighted by atomic mass is 16.5. The molecule has 7 heteroatoms. The highest BCUT2D eigenvalue weighted by Gasteiger charge is 2.19. The molecule has 3 aromatic carbocycles. The fraction of sp³-hybridized carbons (Fsp3) is 0.0870. The Kier molecular flexibility index (Phi) is 5.17. The summed E-state index contributed by atoms with van der Waals surface area (Å²) in [5.41, 5.74) is 3.88. The van der Waals surface area contributed by atoms with Crippen molar-refractivity contribution in [1.29, 1.82) is 0 Å². The minimum absolute atomic E-state index is 0.211. The molecule has 4 aromatic rings. The van der Waals surface area contributed by atoms with Gasteiger partial charge in [-0.1, -0.05) is 54.6 Å². The molecule has 1 unspecified atom stereocenters. The molecule has 0 aliphatic rings. The average molecular weight is 402 g/mol. The number of nitrogens with one attached hydrogen (secondary N) is 2. The molecule has 0 bridgehead atoms. The molecule has 7 nitrogen and oxygen atoms in total. The number of hydrogen-bond donors (Lipinski definition) is 2. The molecule has 0 aliphatic carbocycles. The Morgan fingerprint density at radius 2 is 1.60 bits per heavy atom. The lowest BCUT2D eigenvalue weighted by Crippen LogP contribution is -2.48. The van der Waals surface area contributed by atoms with E-state index in [0.29, 0.717) is 16.7 Å². The van der Waals surface area contributed by atoms with E-state index in [4.69, 9.17) is 9.15 Å². The molecule has 30 heavy (non-hydrogen) atoms. The first kappa shape index (κ1) is 19.2. The van der Waals surface area contributed by atoms with Crippen molar-refractivity contribution in [1.82, 2.24) is 10.9 Å². The largest absolute Gasteiger partial charge is 0.480 e. The number of hydrazine groups is 1. The number of fused-ring (bicyclic) bond motifs is 2. The van der Waals surface area contributed by atoms with Crippen molar-refractivity contribution in [2.45, 2.75) is 13.0 Å². The maximum absolute atomic E-state index is 12.4. The third-order valence-electron chi connectivity index (χ3n) is 4.61. The Bertz CT molecular complexity index is 1310. The lowest BCUT2D eigenvalue weighted by atomic mass is 10.1. The molecule has 1 heterocycles. The summed E-state index contributed by atoms with van der Waals surface area (Å²) >= 11 is 0. The van der Waals surface area contributed by atoms with Crippen molar-refractivity contribution in [2.75, 3.05) is 0 Å². The molecule has 150 valence electrons. The van der Waals surface area contributed by atoms with E-state index < -0.39 is 23.5 Å². The Hall–Kier alpha value is -4.13. The van der Waals surface area contributed by atoms with Crippen molar-refractivity contribution in [2.24, 2.45) is 0 Å². The maximum Gasteiger partial charge on any atom is 0.349 e. The van der Waals surface area contributed by atoms with Gasteiger partial charge in [0.25, 0.3) is 11.8 Å². The van der Waals surface area contributed by atoms with Gasteiger partial charge in [0.2, 0.25) is 0 Å². The van der Waals surface area contributed by atoms with Crippen LogP contribution >= 0.6 is 0 Å². The average Bonchev–Trinajstić information content (AvgIpc) is 2.77. The summed E-state index contributed by atoms with van der Waals surface area (Å²) in [6.45, 7) is 1.56. The maximum atomic E-state index is 12.4. The molecule has 0 saturated heterocycles. The predicted molar refractivity (Wildman–Crippen MR) is 112 cm³/mol. The first-order chi connectivity index (χ1) is 14.5. The molecular weight excluding hydrogens is 384 g/mol. The van der Waals surface area contributed by atoms with Gasteiger partial charge in [0.05, 0.1) is 0 Å². The summed E-state index contributed by atoms with van der Waals surface area (Å²) in [6.07, 6.45) is -0.885. The zero-order valence-corrected chi connectivity index (χ0v) is 16.0. The topological polar surface area (TPSA) is 97.6 Å². The van der Waals surface area contributed by atoms with E-state index in [-0.39, 0.29) is 5.56 Å². The van der Waals surface area contributed by atoms with Gasteiger partial charge >= 0.3 is 5.63 Å². The van der Waals surface area contributed by atoms with E-state index in [0.717, 1.165) is 10.8 Å². The Balaban J connectivity index is 1.43. The quantitative estimate of drug-likeness (QED) is 0.404. The monoisotopic (exact) mass is 402 g/mol. The zero-order valence-electron chi connectivity index (χ0n) is 16.0. The number of benzene rings is 3. The molecule has 0 radical (unpaired) electrons. The lowest BCUT2D eigenvalue weighted by Gasteiger charge is -2.16. The molecule has 0 fully saturated rings. The molecule has 0 spiro atoms. The van der Waals surface area contributed by atoms with Crippen LogP contribution in [0.1, 0.15) is 17.3 Å². The fourth-order valence-corrected chi connectivity index (χ4v) is 3.05. The van der Waals surface area contributed by atoms with Gasteiger partial charge in [-0.15, -0.1) is 0 Å². The van der Waals surface area contributed by atoms with Gasteiger partial charge in [-0.3, -0.25) is 20.4 Å². The number of carbonyl (C=O) groups excluding carboxylic acids is 2. The van der Waals surface area contributed by atoms with Crippen molar-refractivity contribution in [3.05, 3.63) is 88.8 Å². The van der Waals surface area contributed by atoms with Crippen LogP contribution in [0.5, 0.6) is 5.75 Å². The van der Waals surface area contributed by atoms with E-state index in [1.54, 1.807) is 37.3 Å². The van der Waals surface area contributed by atoms with Crippen molar-refractivity contribution in [3.8, 4) is 5.75 Å². The van der Waals surface area contributed by atoms with Crippen LogP contribution in [0.2, 0.25) is 0 Å². The van der Waals surface area contributed by atoms with Crippen LogP contribution in [0.15, 0.2) is 82.0 Å². The van der Waals surface area contributed by atoms with Crippen molar-refractivity contribution >= 4 is 33.6 Å². The van der Waals surface area contributed by atoms with Crippen LogP contribution in [0.4, 0.5) is 0 Å². The normalized spacial score (nSPS) is 11.8. The van der Waals surface area contributed by atoms with Gasteiger partial charge in [0.1, 0.15) is 16.9 Å². The highest BCUT2D eigenvalue weighted by molar-refractivity contribution is 5.97. The Labute approximate surface area is 171 Å². The summed E-state index contributed by atoms with van der Waals surface area (Å²) in [6, 6.07) is 21.4. The van der Waals surface area contributed by atoms with E-state index in [1.807, 2.05) is 36.4 Å². The summed E-state index contributed by atoms with van der Waals surface area (Å²) < 4.78 is 10.9. The molecule has 0 saturated carbocycles. The molecule has 1 aromatic heterocycles. The highest BCUT2D eigenvalue weighted by Crippen LogP contribution is 2.26. The fourth-order valence-electron chi connectivity index (χ4n) is 3.05. The third-order valence-corrected chi connectivity index (χ3v) is 4.61. The van der Waals surface area contributed by atoms with Gasteiger partial charge in [-0.25, -0.2) is 4.79 Å².